The van der Waals surface area contributed by atoms with Gasteiger partial charge in [-0.2, -0.15) is 17.4 Å². The van der Waals surface area contributed by atoms with Gasteiger partial charge in [0, 0.05) is 25.7 Å². The van der Waals surface area contributed by atoms with Crippen molar-refractivity contribution in [1.29, 1.82) is 0 Å². The Morgan fingerprint density at radius 2 is 1.82 bits per heavy atom. The van der Waals surface area contributed by atoms with Crippen molar-refractivity contribution in [1.82, 2.24) is 14.3 Å². The Kier molecular flexibility index (Phi) is 6.16. The van der Waals surface area contributed by atoms with Gasteiger partial charge in [-0.15, -0.1) is 12.4 Å². The number of hydrogen-bond acceptors (Lipinski definition) is 3. The van der Waals surface area contributed by atoms with E-state index in [-0.39, 0.29) is 18.4 Å². The average molecular weight is 284 g/mol. The van der Waals surface area contributed by atoms with Gasteiger partial charge in [-0.25, -0.2) is 0 Å². The van der Waals surface area contributed by atoms with Crippen LogP contribution in [0.25, 0.3) is 0 Å². The molecule has 0 spiro atoms. The van der Waals surface area contributed by atoms with E-state index in [1.165, 1.54) is 0 Å². The molecule has 0 amide bonds. The molecule has 2 saturated heterocycles. The van der Waals surface area contributed by atoms with Crippen molar-refractivity contribution in [2.24, 2.45) is 0 Å². The molecule has 17 heavy (non-hydrogen) atoms. The Morgan fingerprint density at radius 1 is 1.12 bits per heavy atom. The first-order valence-corrected chi connectivity index (χ1v) is 7.60. The maximum atomic E-state index is 12.0. The van der Waals surface area contributed by atoms with Crippen LogP contribution in [0.1, 0.15) is 32.1 Å². The largest absolute Gasteiger partial charge is 0.315 e. The van der Waals surface area contributed by atoms with Crippen LogP contribution in [0.15, 0.2) is 0 Å². The first-order chi connectivity index (χ1) is 7.68. The molecule has 1 atom stereocenters. The molecular weight excluding hydrogens is 262 g/mol. The highest BCUT2D eigenvalue weighted by Gasteiger charge is 2.27. The van der Waals surface area contributed by atoms with Crippen molar-refractivity contribution in [2.75, 3.05) is 26.2 Å². The molecule has 0 aromatic carbocycles. The molecule has 2 fully saturated rings. The van der Waals surface area contributed by atoms with Crippen LogP contribution in [0.4, 0.5) is 0 Å². The number of halogens is 1. The fourth-order valence-corrected chi connectivity index (χ4v) is 3.85. The summed E-state index contributed by atoms with van der Waals surface area (Å²) >= 11 is 0. The van der Waals surface area contributed by atoms with E-state index in [1.54, 1.807) is 4.31 Å². The molecule has 0 saturated carbocycles. The predicted molar refractivity (Wildman–Crippen MR) is 70.6 cm³/mol. The molecule has 2 heterocycles. The lowest BCUT2D eigenvalue weighted by molar-refractivity contribution is 0.332. The van der Waals surface area contributed by atoms with Gasteiger partial charge in [0.05, 0.1) is 0 Å². The fraction of sp³-hybridized carbons (Fsp3) is 1.00. The predicted octanol–water partition coefficient (Wildman–Crippen LogP) is 0.480. The van der Waals surface area contributed by atoms with Crippen LogP contribution in [0.3, 0.4) is 0 Å². The first-order valence-electron chi connectivity index (χ1n) is 6.16. The number of hydrogen-bond donors (Lipinski definition) is 2. The van der Waals surface area contributed by atoms with Gasteiger partial charge in [0.2, 0.25) is 0 Å². The van der Waals surface area contributed by atoms with E-state index < -0.39 is 10.2 Å². The molecule has 0 aromatic heterocycles. The summed E-state index contributed by atoms with van der Waals surface area (Å²) in [4.78, 5) is 0. The average Bonchev–Trinajstić information content (AvgIpc) is 2.31. The Hall–Kier alpha value is 0.120. The van der Waals surface area contributed by atoms with Gasteiger partial charge >= 0.3 is 0 Å². The van der Waals surface area contributed by atoms with E-state index in [4.69, 9.17) is 0 Å². The lowest BCUT2D eigenvalue weighted by atomic mass is 10.1. The quantitative estimate of drug-likeness (QED) is 0.792. The van der Waals surface area contributed by atoms with E-state index in [0.717, 1.165) is 45.2 Å². The number of nitrogens with one attached hydrogen (secondary N) is 2. The van der Waals surface area contributed by atoms with Crippen LogP contribution in [-0.2, 0) is 10.2 Å². The molecule has 2 aliphatic heterocycles. The molecule has 0 aliphatic carbocycles. The second-order valence-electron chi connectivity index (χ2n) is 4.63. The summed E-state index contributed by atoms with van der Waals surface area (Å²) in [5, 5.41) is 3.21. The van der Waals surface area contributed by atoms with Crippen molar-refractivity contribution in [3.63, 3.8) is 0 Å². The Balaban J connectivity index is 0.00000144. The lowest BCUT2D eigenvalue weighted by Crippen LogP contribution is -2.51. The Labute approximate surface area is 110 Å². The standard InChI is InChI=1S/C10H21N3O2S.ClH/c14-16(15,13-7-2-1-3-8-13)12-10-5-4-6-11-9-10;/h10-12H,1-9H2;1H. The highest BCUT2D eigenvalue weighted by atomic mass is 35.5. The number of nitrogens with zero attached hydrogens (tertiary/aromatic N) is 1. The van der Waals surface area contributed by atoms with E-state index in [2.05, 4.69) is 10.0 Å². The van der Waals surface area contributed by atoms with Crippen LogP contribution in [0.5, 0.6) is 0 Å². The third-order valence-electron chi connectivity index (χ3n) is 3.27. The summed E-state index contributed by atoms with van der Waals surface area (Å²) in [6.07, 6.45) is 5.12. The van der Waals surface area contributed by atoms with Crippen molar-refractivity contribution in [2.45, 2.75) is 38.1 Å². The summed E-state index contributed by atoms with van der Waals surface area (Å²) < 4.78 is 28.5. The molecule has 2 N–H and O–H groups in total. The van der Waals surface area contributed by atoms with Crippen molar-refractivity contribution in [3.8, 4) is 0 Å². The van der Waals surface area contributed by atoms with Crippen LogP contribution in [0, 0.1) is 0 Å². The van der Waals surface area contributed by atoms with Crippen molar-refractivity contribution < 1.29 is 8.42 Å². The Bertz CT molecular complexity index is 312. The molecule has 0 bridgehead atoms. The smallest absolute Gasteiger partial charge is 0.279 e. The summed E-state index contributed by atoms with van der Waals surface area (Å²) in [5.74, 6) is 0. The van der Waals surface area contributed by atoms with Crippen molar-refractivity contribution >= 4 is 22.6 Å². The lowest BCUT2D eigenvalue weighted by Gasteiger charge is -2.30. The number of piperidine rings is 2. The highest BCUT2D eigenvalue weighted by Crippen LogP contribution is 2.13. The molecule has 0 aromatic rings. The second kappa shape index (κ2) is 6.89. The third kappa shape index (κ3) is 4.37. The van der Waals surface area contributed by atoms with Crippen LogP contribution >= 0.6 is 12.4 Å². The molecule has 7 heteroatoms. The van der Waals surface area contributed by atoms with Gasteiger partial charge in [-0.1, -0.05) is 6.42 Å². The zero-order valence-corrected chi connectivity index (χ0v) is 11.7. The molecular formula is C10H22ClN3O2S. The Morgan fingerprint density at radius 3 is 2.41 bits per heavy atom. The maximum Gasteiger partial charge on any atom is 0.279 e. The highest BCUT2D eigenvalue weighted by molar-refractivity contribution is 7.87. The minimum Gasteiger partial charge on any atom is -0.315 e. The minimum atomic E-state index is -3.24. The fourth-order valence-electron chi connectivity index (χ4n) is 2.34. The topological polar surface area (TPSA) is 61.4 Å². The van der Waals surface area contributed by atoms with Gasteiger partial charge in [-0.3, -0.25) is 0 Å². The summed E-state index contributed by atoms with van der Waals surface area (Å²) in [5.41, 5.74) is 0. The van der Waals surface area contributed by atoms with Gasteiger partial charge in [0.25, 0.3) is 10.2 Å². The normalized spacial score (nSPS) is 27.4. The van der Waals surface area contributed by atoms with Crippen LogP contribution < -0.4 is 10.0 Å². The number of rotatable bonds is 3. The minimum absolute atomic E-state index is 0. The maximum absolute atomic E-state index is 12.0. The van der Waals surface area contributed by atoms with E-state index >= 15 is 0 Å². The van der Waals surface area contributed by atoms with E-state index in [1.807, 2.05) is 0 Å². The van der Waals surface area contributed by atoms with Crippen LogP contribution in [0.2, 0.25) is 0 Å². The summed E-state index contributed by atoms with van der Waals surface area (Å²) in [6, 6.07) is 0.0701. The summed E-state index contributed by atoms with van der Waals surface area (Å²) in [7, 11) is -3.24. The molecule has 102 valence electrons. The zero-order valence-electron chi connectivity index (χ0n) is 10.0. The SMILES string of the molecule is Cl.O=S(=O)(NC1CCCNC1)N1CCCCC1. The van der Waals surface area contributed by atoms with Gasteiger partial charge < -0.3 is 5.32 Å². The van der Waals surface area contributed by atoms with Crippen molar-refractivity contribution in [3.05, 3.63) is 0 Å². The first kappa shape index (κ1) is 15.2. The third-order valence-corrected chi connectivity index (χ3v) is 4.94. The molecule has 0 radical (unpaired) electrons. The summed E-state index contributed by atoms with van der Waals surface area (Å²) in [6.45, 7) is 3.11. The van der Waals surface area contributed by atoms with Gasteiger partial charge in [0.1, 0.15) is 0 Å². The van der Waals surface area contributed by atoms with Gasteiger partial charge in [0.15, 0.2) is 0 Å². The van der Waals surface area contributed by atoms with Crippen LogP contribution in [-0.4, -0.2) is 44.9 Å². The van der Waals surface area contributed by atoms with E-state index in [0.29, 0.717) is 13.1 Å². The zero-order chi connectivity index (χ0) is 11.4. The second-order valence-corrected chi connectivity index (χ2v) is 6.33. The molecule has 2 rings (SSSR count). The van der Waals surface area contributed by atoms with E-state index in [9.17, 15) is 8.42 Å². The molecule has 2 aliphatic rings. The molecule has 5 nitrogen and oxygen atoms in total. The monoisotopic (exact) mass is 283 g/mol. The molecule has 1 unspecified atom stereocenters. The van der Waals surface area contributed by atoms with Gasteiger partial charge in [-0.05, 0) is 32.2 Å².